The van der Waals surface area contributed by atoms with Crippen molar-refractivity contribution in [2.24, 2.45) is 0 Å². The van der Waals surface area contributed by atoms with Crippen LogP contribution in [0.2, 0.25) is 0 Å². The zero-order chi connectivity index (χ0) is 10.5. The second kappa shape index (κ2) is 5.14. The van der Waals surface area contributed by atoms with Gasteiger partial charge in [0.2, 0.25) is 0 Å². The van der Waals surface area contributed by atoms with E-state index < -0.39 is 0 Å². The highest BCUT2D eigenvalue weighted by Crippen LogP contribution is 2.24. The molecular weight excluding hydrogens is 190 g/mol. The van der Waals surface area contributed by atoms with Crippen LogP contribution >= 0.6 is 0 Å². The van der Waals surface area contributed by atoms with E-state index in [4.69, 9.17) is 9.84 Å². The van der Waals surface area contributed by atoms with E-state index in [0.717, 1.165) is 12.3 Å². The van der Waals surface area contributed by atoms with Crippen LogP contribution in [0.1, 0.15) is 24.4 Å². The fourth-order valence-corrected chi connectivity index (χ4v) is 1.93. The van der Waals surface area contributed by atoms with Crippen LogP contribution in [0.15, 0.2) is 24.3 Å². The first kappa shape index (κ1) is 10.5. The average Bonchev–Trinajstić information content (AvgIpc) is 2.80. The molecule has 15 heavy (non-hydrogen) atoms. The molecule has 1 aliphatic heterocycles. The number of aliphatic hydroxyl groups excluding tert-OH is 1. The number of ether oxygens (including phenoxy) is 1. The van der Waals surface area contributed by atoms with Gasteiger partial charge in [-0.1, -0.05) is 12.1 Å². The van der Waals surface area contributed by atoms with Crippen molar-refractivity contribution in [1.82, 2.24) is 5.32 Å². The maximum atomic E-state index is 8.62. The van der Waals surface area contributed by atoms with Gasteiger partial charge in [-0.2, -0.15) is 0 Å². The summed E-state index contributed by atoms with van der Waals surface area (Å²) in [4.78, 5) is 0. The SMILES string of the molecule is OCCOc1ccc(C2CCCN2)cc1. The molecule has 2 N–H and O–H groups in total. The molecule has 1 heterocycles. The van der Waals surface area contributed by atoms with Gasteiger partial charge < -0.3 is 15.2 Å². The molecule has 0 spiro atoms. The van der Waals surface area contributed by atoms with Crippen molar-refractivity contribution in [3.05, 3.63) is 29.8 Å². The summed E-state index contributed by atoms with van der Waals surface area (Å²) in [6.07, 6.45) is 2.48. The zero-order valence-corrected chi connectivity index (χ0v) is 8.78. The lowest BCUT2D eigenvalue weighted by molar-refractivity contribution is 0.201. The highest BCUT2D eigenvalue weighted by atomic mass is 16.5. The normalized spacial score (nSPS) is 20.5. The smallest absolute Gasteiger partial charge is 0.119 e. The number of rotatable bonds is 4. The van der Waals surface area contributed by atoms with E-state index in [-0.39, 0.29) is 6.61 Å². The first-order valence-corrected chi connectivity index (χ1v) is 5.47. The largest absolute Gasteiger partial charge is 0.491 e. The highest BCUT2D eigenvalue weighted by molar-refractivity contribution is 5.29. The van der Waals surface area contributed by atoms with Gasteiger partial charge in [0.05, 0.1) is 6.61 Å². The summed E-state index contributed by atoms with van der Waals surface area (Å²) < 4.78 is 5.30. The molecule has 0 radical (unpaired) electrons. The molecule has 3 heteroatoms. The maximum absolute atomic E-state index is 8.62. The third-order valence-electron chi connectivity index (χ3n) is 2.70. The molecule has 0 aliphatic carbocycles. The van der Waals surface area contributed by atoms with Crippen molar-refractivity contribution in [3.8, 4) is 5.75 Å². The third kappa shape index (κ3) is 2.70. The first-order chi connectivity index (χ1) is 7.40. The van der Waals surface area contributed by atoms with Crippen molar-refractivity contribution < 1.29 is 9.84 Å². The Morgan fingerprint density at radius 3 is 2.73 bits per heavy atom. The molecule has 1 atom stereocenters. The summed E-state index contributed by atoms with van der Waals surface area (Å²) in [6, 6.07) is 8.62. The van der Waals surface area contributed by atoms with Gasteiger partial charge in [0.15, 0.2) is 0 Å². The Bertz CT molecular complexity index is 291. The summed E-state index contributed by atoms with van der Waals surface area (Å²) in [5.74, 6) is 0.825. The summed E-state index contributed by atoms with van der Waals surface area (Å²) in [5, 5.41) is 12.1. The fraction of sp³-hybridized carbons (Fsp3) is 0.500. The highest BCUT2D eigenvalue weighted by Gasteiger charge is 2.15. The summed E-state index contributed by atoms with van der Waals surface area (Å²) in [7, 11) is 0. The van der Waals surface area contributed by atoms with Gasteiger partial charge in [-0.25, -0.2) is 0 Å². The predicted octanol–water partition coefficient (Wildman–Crippen LogP) is 1.48. The summed E-state index contributed by atoms with van der Waals surface area (Å²) in [5.41, 5.74) is 1.32. The minimum Gasteiger partial charge on any atom is -0.491 e. The summed E-state index contributed by atoms with van der Waals surface area (Å²) >= 11 is 0. The number of nitrogens with one attached hydrogen (secondary N) is 1. The molecule has 1 saturated heterocycles. The van der Waals surface area contributed by atoms with Gasteiger partial charge in [0.25, 0.3) is 0 Å². The quantitative estimate of drug-likeness (QED) is 0.785. The van der Waals surface area contributed by atoms with Gasteiger partial charge in [-0.3, -0.25) is 0 Å². The van der Waals surface area contributed by atoms with Crippen molar-refractivity contribution in [1.29, 1.82) is 0 Å². The molecule has 1 aromatic carbocycles. The minimum absolute atomic E-state index is 0.0614. The van der Waals surface area contributed by atoms with Crippen molar-refractivity contribution in [3.63, 3.8) is 0 Å². The molecule has 0 amide bonds. The van der Waals surface area contributed by atoms with Crippen LogP contribution in [0.5, 0.6) is 5.75 Å². The van der Waals surface area contributed by atoms with Crippen molar-refractivity contribution in [2.75, 3.05) is 19.8 Å². The Balaban J connectivity index is 1.96. The molecular formula is C12H17NO2. The standard InChI is InChI=1S/C12H17NO2/c14-8-9-15-11-5-3-10(4-6-11)12-2-1-7-13-12/h3-6,12-14H,1-2,7-9H2. The second-order valence-electron chi connectivity index (χ2n) is 3.79. The molecule has 1 aliphatic rings. The van der Waals surface area contributed by atoms with E-state index in [0.29, 0.717) is 12.6 Å². The average molecular weight is 207 g/mol. The molecule has 1 aromatic rings. The Morgan fingerprint density at radius 2 is 2.13 bits per heavy atom. The van der Waals surface area contributed by atoms with E-state index >= 15 is 0 Å². The molecule has 82 valence electrons. The van der Waals surface area contributed by atoms with Crippen LogP contribution in [0.4, 0.5) is 0 Å². The molecule has 0 aromatic heterocycles. The molecule has 3 nitrogen and oxygen atoms in total. The Hall–Kier alpha value is -1.06. The van der Waals surface area contributed by atoms with Crippen LogP contribution in [-0.2, 0) is 0 Å². The zero-order valence-electron chi connectivity index (χ0n) is 8.78. The third-order valence-corrected chi connectivity index (χ3v) is 2.70. The molecule has 0 saturated carbocycles. The van der Waals surface area contributed by atoms with Gasteiger partial charge in [0, 0.05) is 6.04 Å². The lowest BCUT2D eigenvalue weighted by atomic mass is 10.1. The molecule has 0 bridgehead atoms. The van der Waals surface area contributed by atoms with Crippen molar-refractivity contribution in [2.45, 2.75) is 18.9 Å². The Kier molecular flexibility index (Phi) is 3.59. The van der Waals surface area contributed by atoms with E-state index in [1.54, 1.807) is 0 Å². The Labute approximate surface area is 90.1 Å². The minimum atomic E-state index is 0.0614. The Morgan fingerprint density at radius 1 is 1.33 bits per heavy atom. The van der Waals surface area contributed by atoms with Crippen LogP contribution < -0.4 is 10.1 Å². The topological polar surface area (TPSA) is 41.5 Å². The van der Waals surface area contributed by atoms with Crippen LogP contribution in [-0.4, -0.2) is 24.9 Å². The monoisotopic (exact) mass is 207 g/mol. The predicted molar refractivity (Wildman–Crippen MR) is 59.0 cm³/mol. The van der Waals surface area contributed by atoms with Gasteiger partial charge in [0.1, 0.15) is 12.4 Å². The van der Waals surface area contributed by atoms with Gasteiger partial charge >= 0.3 is 0 Å². The van der Waals surface area contributed by atoms with E-state index in [9.17, 15) is 0 Å². The van der Waals surface area contributed by atoms with Crippen LogP contribution in [0, 0.1) is 0 Å². The van der Waals surface area contributed by atoms with E-state index in [1.807, 2.05) is 12.1 Å². The maximum Gasteiger partial charge on any atom is 0.119 e. The van der Waals surface area contributed by atoms with Gasteiger partial charge in [-0.05, 0) is 37.1 Å². The first-order valence-electron chi connectivity index (χ1n) is 5.47. The van der Waals surface area contributed by atoms with Crippen LogP contribution in [0.25, 0.3) is 0 Å². The van der Waals surface area contributed by atoms with E-state index in [1.165, 1.54) is 18.4 Å². The lowest BCUT2D eigenvalue weighted by Crippen LogP contribution is -2.12. The fourth-order valence-electron chi connectivity index (χ4n) is 1.93. The van der Waals surface area contributed by atoms with Gasteiger partial charge in [-0.15, -0.1) is 0 Å². The number of aliphatic hydroxyl groups is 1. The molecule has 2 rings (SSSR count). The van der Waals surface area contributed by atoms with Crippen LogP contribution in [0.3, 0.4) is 0 Å². The number of hydrogen-bond donors (Lipinski definition) is 2. The molecule has 1 unspecified atom stereocenters. The number of benzene rings is 1. The summed E-state index contributed by atoms with van der Waals surface area (Å²) in [6.45, 7) is 1.54. The van der Waals surface area contributed by atoms with Crippen molar-refractivity contribution >= 4 is 0 Å². The van der Waals surface area contributed by atoms with E-state index in [2.05, 4.69) is 17.4 Å². The lowest BCUT2D eigenvalue weighted by Gasteiger charge is -2.11. The second-order valence-corrected chi connectivity index (χ2v) is 3.79. The number of hydrogen-bond acceptors (Lipinski definition) is 3. The molecule has 1 fully saturated rings.